The number of methoxy groups -OCH3 is 1. The molecule has 0 radical (unpaired) electrons. The lowest BCUT2D eigenvalue weighted by atomic mass is 10.1. The molecule has 4 heteroatoms. The third-order valence-electron chi connectivity index (χ3n) is 3.34. The molecule has 1 saturated heterocycles. The van der Waals surface area contributed by atoms with Crippen molar-refractivity contribution in [3.63, 3.8) is 0 Å². The van der Waals surface area contributed by atoms with Gasteiger partial charge in [0.1, 0.15) is 5.75 Å². The lowest BCUT2D eigenvalue weighted by Gasteiger charge is -2.30. The molecule has 1 aromatic rings. The van der Waals surface area contributed by atoms with E-state index in [1.807, 2.05) is 43.0 Å². The second-order valence-electron chi connectivity index (χ2n) is 5.04. The Bertz CT molecular complexity index is 510. The van der Waals surface area contributed by atoms with Crippen molar-refractivity contribution in [2.24, 2.45) is 0 Å². The molecule has 1 aliphatic rings. The zero-order chi connectivity index (χ0) is 14.5. The van der Waals surface area contributed by atoms with Crippen LogP contribution in [-0.2, 0) is 9.53 Å². The third-order valence-corrected chi connectivity index (χ3v) is 3.34. The van der Waals surface area contributed by atoms with Gasteiger partial charge in [-0.3, -0.25) is 4.79 Å². The highest BCUT2D eigenvalue weighted by Gasteiger charge is 2.19. The summed E-state index contributed by atoms with van der Waals surface area (Å²) in [4.78, 5) is 14.0. The Morgan fingerprint density at radius 1 is 1.50 bits per heavy atom. The van der Waals surface area contributed by atoms with E-state index in [-0.39, 0.29) is 12.0 Å². The summed E-state index contributed by atoms with van der Waals surface area (Å²) in [6.45, 7) is 5.90. The first kappa shape index (κ1) is 14.6. The highest BCUT2D eigenvalue weighted by Crippen LogP contribution is 2.21. The number of nitrogens with zero attached hydrogens (tertiary/aromatic N) is 1. The Morgan fingerprint density at radius 3 is 3.00 bits per heavy atom. The molecule has 0 aromatic heterocycles. The van der Waals surface area contributed by atoms with Gasteiger partial charge in [0, 0.05) is 24.7 Å². The Hall–Kier alpha value is -1.81. The summed E-state index contributed by atoms with van der Waals surface area (Å²) in [7, 11) is 1.63. The fourth-order valence-corrected chi connectivity index (χ4v) is 2.27. The molecule has 1 fully saturated rings. The Balaban J connectivity index is 2.08. The van der Waals surface area contributed by atoms with E-state index < -0.39 is 0 Å². The van der Waals surface area contributed by atoms with Gasteiger partial charge in [0.15, 0.2) is 0 Å². The number of ether oxygens (including phenoxy) is 2. The number of benzene rings is 1. The van der Waals surface area contributed by atoms with Gasteiger partial charge in [0.2, 0.25) is 5.91 Å². The Kier molecular flexibility index (Phi) is 4.79. The van der Waals surface area contributed by atoms with E-state index in [0.717, 1.165) is 16.9 Å². The van der Waals surface area contributed by atoms with Crippen molar-refractivity contribution in [3.05, 3.63) is 35.4 Å². The van der Waals surface area contributed by atoms with Gasteiger partial charge in [-0.15, -0.1) is 0 Å². The van der Waals surface area contributed by atoms with Crippen molar-refractivity contribution in [1.82, 2.24) is 4.90 Å². The Labute approximate surface area is 120 Å². The Morgan fingerprint density at radius 2 is 2.30 bits per heavy atom. The van der Waals surface area contributed by atoms with Crippen molar-refractivity contribution in [2.75, 3.05) is 26.8 Å². The summed E-state index contributed by atoms with van der Waals surface area (Å²) in [5, 5.41) is 0. The molecule has 108 valence electrons. The minimum atomic E-state index is 0.0173. The van der Waals surface area contributed by atoms with Gasteiger partial charge in [-0.2, -0.15) is 0 Å². The van der Waals surface area contributed by atoms with Gasteiger partial charge in [0.25, 0.3) is 0 Å². The molecule has 1 heterocycles. The number of hydrogen-bond donors (Lipinski definition) is 0. The fraction of sp³-hybridized carbons (Fsp3) is 0.438. The molecule has 0 saturated carbocycles. The van der Waals surface area contributed by atoms with Crippen LogP contribution in [0.5, 0.6) is 5.75 Å². The van der Waals surface area contributed by atoms with Gasteiger partial charge >= 0.3 is 0 Å². The smallest absolute Gasteiger partial charge is 0.246 e. The van der Waals surface area contributed by atoms with Crippen LogP contribution in [0.3, 0.4) is 0 Å². The van der Waals surface area contributed by atoms with Gasteiger partial charge in [-0.05, 0) is 32.1 Å². The molecule has 0 aliphatic carbocycles. The van der Waals surface area contributed by atoms with Crippen LogP contribution in [0, 0.1) is 6.92 Å². The minimum Gasteiger partial charge on any atom is -0.496 e. The standard InChI is InChI=1S/C16H21NO3/c1-12-4-6-15(19-3)14(10-12)5-7-16(18)17-8-9-20-13(2)11-17/h4-7,10,13H,8-9,11H2,1-3H3/b7-5+. The van der Waals surface area contributed by atoms with Gasteiger partial charge in [-0.1, -0.05) is 11.6 Å². The summed E-state index contributed by atoms with van der Waals surface area (Å²) in [5.41, 5.74) is 2.06. The quantitative estimate of drug-likeness (QED) is 0.794. The zero-order valence-corrected chi connectivity index (χ0v) is 12.3. The van der Waals surface area contributed by atoms with Crippen molar-refractivity contribution in [2.45, 2.75) is 20.0 Å². The first-order valence-electron chi connectivity index (χ1n) is 6.83. The maximum atomic E-state index is 12.1. The summed E-state index contributed by atoms with van der Waals surface area (Å²) < 4.78 is 10.7. The fourth-order valence-electron chi connectivity index (χ4n) is 2.27. The first-order chi connectivity index (χ1) is 9.60. The number of morpholine rings is 1. The second-order valence-corrected chi connectivity index (χ2v) is 5.04. The molecule has 1 aromatic carbocycles. The molecule has 0 spiro atoms. The predicted octanol–water partition coefficient (Wildman–Crippen LogP) is 2.26. The number of carbonyl (C=O) groups excluding carboxylic acids is 1. The predicted molar refractivity (Wildman–Crippen MR) is 78.8 cm³/mol. The second kappa shape index (κ2) is 6.57. The van der Waals surface area contributed by atoms with Crippen LogP contribution in [0.25, 0.3) is 6.08 Å². The van der Waals surface area contributed by atoms with Crippen molar-refractivity contribution in [1.29, 1.82) is 0 Å². The molecule has 1 unspecified atom stereocenters. The SMILES string of the molecule is COc1ccc(C)cc1/C=C/C(=O)N1CCOC(C)C1. The van der Waals surface area contributed by atoms with E-state index in [1.54, 1.807) is 13.2 Å². The zero-order valence-electron chi connectivity index (χ0n) is 12.3. The minimum absolute atomic E-state index is 0.0173. The van der Waals surface area contributed by atoms with Crippen LogP contribution >= 0.6 is 0 Å². The van der Waals surface area contributed by atoms with Crippen LogP contribution < -0.4 is 4.74 Å². The van der Waals surface area contributed by atoms with Crippen LogP contribution in [0.2, 0.25) is 0 Å². The average Bonchev–Trinajstić information content (AvgIpc) is 2.45. The van der Waals surface area contributed by atoms with E-state index in [0.29, 0.717) is 19.7 Å². The molecule has 2 rings (SSSR count). The van der Waals surface area contributed by atoms with Crippen molar-refractivity contribution < 1.29 is 14.3 Å². The van der Waals surface area contributed by atoms with E-state index in [2.05, 4.69) is 0 Å². The molecular weight excluding hydrogens is 254 g/mol. The number of rotatable bonds is 3. The molecule has 0 N–H and O–H groups in total. The summed E-state index contributed by atoms with van der Waals surface area (Å²) in [6.07, 6.45) is 3.53. The molecule has 1 aliphatic heterocycles. The van der Waals surface area contributed by atoms with E-state index in [9.17, 15) is 4.79 Å². The molecular formula is C16H21NO3. The number of carbonyl (C=O) groups is 1. The highest BCUT2D eigenvalue weighted by molar-refractivity contribution is 5.92. The van der Waals surface area contributed by atoms with Crippen LogP contribution in [0.15, 0.2) is 24.3 Å². The monoisotopic (exact) mass is 275 g/mol. The van der Waals surface area contributed by atoms with Gasteiger partial charge in [-0.25, -0.2) is 0 Å². The maximum Gasteiger partial charge on any atom is 0.246 e. The topological polar surface area (TPSA) is 38.8 Å². The molecule has 4 nitrogen and oxygen atoms in total. The van der Waals surface area contributed by atoms with E-state index in [1.165, 1.54) is 0 Å². The van der Waals surface area contributed by atoms with Crippen LogP contribution in [0.4, 0.5) is 0 Å². The largest absolute Gasteiger partial charge is 0.496 e. The molecule has 0 bridgehead atoms. The summed E-state index contributed by atoms with van der Waals surface area (Å²) in [6, 6.07) is 5.91. The number of aryl methyl sites for hydroxylation is 1. The molecule has 1 atom stereocenters. The number of amides is 1. The highest BCUT2D eigenvalue weighted by atomic mass is 16.5. The maximum absolute atomic E-state index is 12.1. The van der Waals surface area contributed by atoms with Crippen molar-refractivity contribution >= 4 is 12.0 Å². The number of hydrogen-bond acceptors (Lipinski definition) is 3. The van der Waals surface area contributed by atoms with Gasteiger partial charge < -0.3 is 14.4 Å². The lowest BCUT2D eigenvalue weighted by molar-refractivity contribution is -0.132. The van der Waals surface area contributed by atoms with Crippen LogP contribution in [-0.4, -0.2) is 43.7 Å². The van der Waals surface area contributed by atoms with Crippen LogP contribution in [0.1, 0.15) is 18.1 Å². The normalized spacial score (nSPS) is 19.4. The molecule has 20 heavy (non-hydrogen) atoms. The first-order valence-corrected chi connectivity index (χ1v) is 6.83. The average molecular weight is 275 g/mol. The van der Waals surface area contributed by atoms with E-state index >= 15 is 0 Å². The summed E-state index contributed by atoms with van der Waals surface area (Å²) >= 11 is 0. The van der Waals surface area contributed by atoms with Crippen molar-refractivity contribution in [3.8, 4) is 5.75 Å². The summed E-state index contributed by atoms with van der Waals surface area (Å²) in [5.74, 6) is 0.790. The van der Waals surface area contributed by atoms with Gasteiger partial charge in [0.05, 0.1) is 19.8 Å². The van der Waals surface area contributed by atoms with E-state index in [4.69, 9.17) is 9.47 Å². The lowest BCUT2D eigenvalue weighted by Crippen LogP contribution is -2.43. The third kappa shape index (κ3) is 3.61. The molecule has 1 amide bonds.